The standard InChI is InChI=1S/C10H19F3N2O/c1-5-15(6-10(11,12)13)8(14)16-7-9(2,3)4/h14H,5-7H2,1-4H3. The van der Waals surface area contributed by atoms with E-state index < -0.39 is 18.7 Å². The second kappa shape index (κ2) is 5.41. The minimum atomic E-state index is -4.31. The van der Waals surface area contributed by atoms with Crippen LogP contribution in [0.25, 0.3) is 0 Å². The zero-order chi connectivity index (χ0) is 13.0. The lowest BCUT2D eigenvalue weighted by molar-refractivity contribution is -0.139. The summed E-state index contributed by atoms with van der Waals surface area (Å²) in [5.74, 6) is 0. The molecule has 0 aliphatic carbocycles. The molecule has 0 aliphatic rings. The second-order valence-electron chi connectivity index (χ2n) is 4.78. The predicted molar refractivity (Wildman–Crippen MR) is 56.4 cm³/mol. The third-order valence-corrected chi connectivity index (χ3v) is 1.68. The zero-order valence-electron chi connectivity index (χ0n) is 10.1. The van der Waals surface area contributed by atoms with Crippen molar-refractivity contribution in [3.63, 3.8) is 0 Å². The quantitative estimate of drug-likeness (QED) is 0.608. The summed E-state index contributed by atoms with van der Waals surface area (Å²) in [6, 6.07) is -0.422. The first-order valence-electron chi connectivity index (χ1n) is 5.08. The molecule has 3 nitrogen and oxygen atoms in total. The average Bonchev–Trinajstić information content (AvgIpc) is 2.07. The molecule has 0 amide bonds. The topological polar surface area (TPSA) is 36.3 Å². The predicted octanol–water partition coefficient (Wildman–Crippen LogP) is 2.87. The van der Waals surface area contributed by atoms with E-state index in [-0.39, 0.29) is 18.6 Å². The summed E-state index contributed by atoms with van der Waals surface area (Å²) in [7, 11) is 0. The molecule has 16 heavy (non-hydrogen) atoms. The third-order valence-electron chi connectivity index (χ3n) is 1.68. The number of halogens is 3. The summed E-state index contributed by atoms with van der Waals surface area (Å²) < 4.78 is 41.4. The van der Waals surface area contributed by atoms with E-state index in [2.05, 4.69) is 0 Å². The number of rotatable bonds is 3. The van der Waals surface area contributed by atoms with Gasteiger partial charge in [0, 0.05) is 6.54 Å². The lowest BCUT2D eigenvalue weighted by Gasteiger charge is -2.26. The molecule has 0 aromatic heterocycles. The maximum absolute atomic E-state index is 12.1. The SMILES string of the molecule is CCN(CC(F)(F)F)C(=N)OCC(C)(C)C. The van der Waals surface area contributed by atoms with Crippen LogP contribution in [-0.4, -0.2) is 36.8 Å². The molecular weight excluding hydrogens is 221 g/mol. The summed E-state index contributed by atoms with van der Waals surface area (Å²) in [6.07, 6.45) is -4.31. The van der Waals surface area contributed by atoms with E-state index in [0.29, 0.717) is 0 Å². The first kappa shape index (κ1) is 15.1. The van der Waals surface area contributed by atoms with Gasteiger partial charge in [-0.15, -0.1) is 0 Å². The molecule has 0 radical (unpaired) electrons. The molecule has 0 rings (SSSR count). The van der Waals surface area contributed by atoms with Crippen molar-refractivity contribution >= 4 is 6.02 Å². The van der Waals surface area contributed by atoms with Crippen molar-refractivity contribution in [3.05, 3.63) is 0 Å². The monoisotopic (exact) mass is 240 g/mol. The highest BCUT2D eigenvalue weighted by molar-refractivity contribution is 5.70. The van der Waals surface area contributed by atoms with Crippen LogP contribution in [0.3, 0.4) is 0 Å². The Kier molecular flexibility index (Phi) is 5.09. The normalized spacial score (nSPS) is 12.4. The van der Waals surface area contributed by atoms with Crippen LogP contribution in [0.4, 0.5) is 13.2 Å². The van der Waals surface area contributed by atoms with Gasteiger partial charge in [-0.05, 0) is 12.3 Å². The molecule has 0 fully saturated rings. The highest BCUT2D eigenvalue weighted by Crippen LogP contribution is 2.18. The summed E-state index contributed by atoms with van der Waals surface area (Å²) in [5, 5.41) is 7.41. The molecule has 0 aromatic carbocycles. The molecule has 6 heteroatoms. The lowest BCUT2D eigenvalue weighted by Crippen LogP contribution is -2.40. The first-order chi connectivity index (χ1) is 7.05. The Labute approximate surface area is 94.1 Å². The minimum Gasteiger partial charge on any atom is -0.465 e. The van der Waals surface area contributed by atoms with E-state index in [1.165, 1.54) is 0 Å². The van der Waals surface area contributed by atoms with Gasteiger partial charge in [0.05, 0.1) is 6.61 Å². The highest BCUT2D eigenvalue weighted by Gasteiger charge is 2.32. The molecule has 0 unspecified atom stereocenters. The maximum Gasteiger partial charge on any atom is 0.406 e. The Hall–Kier alpha value is -0.940. The molecular formula is C10H19F3N2O. The van der Waals surface area contributed by atoms with E-state index in [1.54, 1.807) is 6.92 Å². The van der Waals surface area contributed by atoms with Crippen LogP contribution < -0.4 is 0 Å². The van der Waals surface area contributed by atoms with Gasteiger partial charge in [-0.1, -0.05) is 20.8 Å². The molecule has 96 valence electrons. The molecule has 0 atom stereocenters. The van der Waals surface area contributed by atoms with Gasteiger partial charge in [0.25, 0.3) is 6.02 Å². The Morgan fingerprint density at radius 3 is 2.06 bits per heavy atom. The van der Waals surface area contributed by atoms with Crippen LogP contribution in [0.5, 0.6) is 0 Å². The largest absolute Gasteiger partial charge is 0.465 e. The number of hydrogen-bond acceptors (Lipinski definition) is 2. The fourth-order valence-corrected chi connectivity index (χ4v) is 0.920. The van der Waals surface area contributed by atoms with Crippen molar-refractivity contribution in [3.8, 4) is 0 Å². The van der Waals surface area contributed by atoms with E-state index in [1.807, 2.05) is 20.8 Å². The van der Waals surface area contributed by atoms with Crippen molar-refractivity contribution in [2.75, 3.05) is 19.7 Å². The molecule has 0 bridgehead atoms. The summed E-state index contributed by atoms with van der Waals surface area (Å²) in [5.41, 5.74) is -0.177. The molecule has 0 spiro atoms. The minimum absolute atomic E-state index is 0.0997. The van der Waals surface area contributed by atoms with Gasteiger partial charge < -0.3 is 9.64 Å². The van der Waals surface area contributed by atoms with E-state index in [0.717, 1.165) is 4.90 Å². The zero-order valence-corrected chi connectivity index (χ0v) is 10.1. The van der Waals surface area contributed by atoms with Crippen LogP contribution in [-0.2, 0) is 4.74 Å². The van der Waals surface area contributed by atoms with Gasteiger partial charge in [0.15, 0.2) is 0 Å². The number of nitrogens with one attached hydrogen (secondary N) is 1. The molecule has 0 saturated heterocycles. The first-order valence-corrected chi connectivity index (χ1v) is 5.08. The van der Waals surface area contributed by atoms with Crippen molar-refractivity contribution in [1.29, 1.82) is 5.41 Å². The number of nitrogens with zero attached hydrogens (tertiary/aromatic N) is 1. The van der Waals surface area contributed by atoms with E-state index in [4.69, 9.17) is 10.1 Å². The summed E-state index contributed by atoms with van der Waals surface area (Å²) >= 11 is 0. The van der Waals surface area contributed by atoms with Crippen molar-refractivity contribution < 1.29 is 17.9 Å². The number of amidine groups is 1. The van der Waals surface area contributed by atoms with Crippen molar-refractivity contribution in [2.24, 2.45) is 5.41 Å². The fourth-order valence-electron chi connectivity index (χ4n) is 0.920. The van der Waals surface area contributed by atoms with Gasteiger partial charge in [-0.2, -0.15) is 13.2 Å². The molecule has 1 N–H and O–H groups in total. The molecule has 0 aromatic rings. The Morgan fingerprint density at radius 1 is 1.25 bits per heavy atom. The number of ether oxygens (including phenoxy) is 1. The van der Waals surface area contributed by atoms with Gasteiger partial charge in [-0.25, -0.2) is 0 Å². The Bertz CT molecular complexity index is 233. The van der Waals surface area contributed by atoms with E-state index >= 15 is 0 Å². The summed E-state index contributed by atoms with van der Waals surface area (Å²) in [4.78, 5) is 0.853. The second-order valence-corrected chi connectivity index (χ2v) is 4.78. The van der Waals surface area contributed by atoms with Crippen molar-refractivity contribution in [2.45, 2.75) is 33.9 Å². The van der Waals surface area contributed by atoms with Gasteiger partial charge in [0.1, 0.15) is 6.54 Å². The Balaban J connectivity index is 4.22. The highest BCUT2D eigenvalue weighted by atomic mass is 19.4. The Morgan fingerprint density at radius 2 is 1.75 bits per heavy atom. The average molecular weight is 240 g/mol. The molecule has 0 aliphatic heterocycles. The van der Waals surface area contributed by atoms with Gasteiger partial charge in [0.2, 0.25) is 0 Å². The fraction of sp³-hybridized carbons (Fsp3) is 0.900. The van der Waals surface area contributed by atoms with Gasteiger partial charge in [-0.3, -0.25) is 5.41 Å². The van der Waals surface area contributed by atoms with E-state index in [9.17, 15) is 13.2 Å². The van der Waals surface area contributed by atoms with Crippen molar-refractivity contribution in [1.82, 2.24) is 4.90 Å². The van der Waals surface area contributed by atoms with Crippen LogP contribution >= 0.6 is 0 Å². The third kappa shape index (κ3) is 7.36. The number of hydrogen-bond donors (Lipinski definition) is 1. The molecule has 0 saturated carbocycles. The van der Waals surface area contributed by atoms with Crippen LogP contribution in [0, 0.1) is 10.8 Å². The van der Waals surface area contributed by atoms with Crippen LogP contribution in [0.2, 0.25) is 0 Å². The van der Waals surface area contributed by atoms with Gasteiger partial charge >= 0.3 is 6.18 Å². The lowest BCUT2D eigenvalue weighted by atomic mass is 9.99. The van der Waals surface area contributed by atoms with Crippen LogP contribution in [0.15, 0.2) is 0 Å². The van der Waals surface area contributed by atoms with Crippen LogP contribution in [0.1, 0.15) is 27.7 Å². The smallest absolute Gasteiger partial charge is 0.406 e. The maximum atomic E-state index is 12.1. The molecule has 0 heterocycles. The summed E-state index contributed by atoms with van der Waals surface area (Å²) in [6.45, 7) is 6.40. The number of alkyl halides is 3.